The van der Waals surface area contributed by atoms with Crippen molar-refractivity contribution in [2.24, 2.45) is 16.5 Å². The molecule has 1 heterocycles. The standard InChI is InChI=1S/C18H14ClFN4O/c1-9-2-4-11(14(20)6-9)16-12-7-10(17(25)24-18(21)22)3-5-15(12)23-8-13(16)19/h2-8H,1H3,(H4,21,22,24,25). The quantitative estimate of drug-likeness (QED) is 0.543. The lowest BCUT2D eigenvalue weighted by Crippen LogP contribution is -2.24. The number of carbonyl (C=O) groups excluding carboxylic acids is 1. The zero-order valence-electron chi connectivity index (χ0n) is 13.3. The molecule has 126 valence electrons. The van der Waals surface area contributed by atoms with Crippen molar-refractivity contribution in [3.63, 3.8) is 0 Å². The molecule has 0 atom stereocenters. The van der Waals surface area contributed by atoms with Gasteiger partial charge in [0.1, 0.15) is 5.82 Å². The predicted molar refractivity (Wildman–Crippen MR) is 97.0 cm³/mol. The van der Waals surface area contributed by atoms with E-state index < -0.39 is 11.7 Å². The average Bonchev–Trinajstić information content (AvgIpc) is 2.54. The normalized spacial score (nSPS) is 10.7. The Balaban J connectivity index is 2.28. The number of nitrogens with zero attached hydrogens (tertiary/aromatic N) is 2. The number of hydrogen-bond donors (Lipinski definition) is 2. The highest BCUT2D eigenvalue weighted by Gasteiger charge is 2.16. The summed E-state index contributed by atoms with van der Waals surface area (Å²) in [5.74, 6) is -1.34. The number of aryl methyl sites for hydroxylation is 1. The fourth-order valence-corrected chi connectivity index (χ4v) is 2.83. The first-order valence-electron chi connectivity index (χ1n) is 7.35. The van der Waals surface area contributed by atoms with E-state index >= 15 is 0 Å². The minimum Gasteiger partial charge on any atom is -0.370 e. The van der Waals surface area contributed by atoms with Crippen molar-refractivity contribution in [2.45, 2.75) is 6.92 Å². The summed E-state index contributed by atoms with van der Waals surface area (Å²) >= 11 is 6.28. The molecule has 0 bridgehead atoms. The van der Waals surface area contributed by atoms with E-state index in [1.54, 1.807) is 37.3 Å². The molecule has 4 N–H and O–H groups in total. The van der Waals surface area contributed by atoms with Crippen molar-refractivity contribution >= 4 is 34.4 Å². The molecule has 3 rings (SSSR count). The molecule has 0 spiro atoms. The molecular weight excluding hydrogens is 343 g/mol. The van der Waals surface area contributed by atoms with Gasteiger partial charge >= 0.3 is 0 Å². The Hall–Kier alpha value is -2.99. The number of benzene rings is 2. The van der Waals surface area contributed by atoms with E-state index in [4.69, 9.17) is 23.1 Å². The second-order valence-corrected chi connectivity index (χ2v) is 5.95. The van der Waals surface area contributed by atoms with Crippen LogP contribution in [0.1, 0.15) is 15.9 Å². The minimum atomic E-state index is -0.600. The van der Waals surface area contributed by atoms with Crippen molar-refractivity contribution in [2.75, 3.05) is 0 Å². The monoisotopic (exact) mass is 356 g/mol. The van der Waals surface area contributed by atoms with Crippen LogP contribution in [-0.2, 0) is 0 Å². The summed E-state index contributed by atoms with van der Waals surface area (Å²) in [6, 6.07) is 9.60. The van der Waals surface area contributed by atoms with Crippen LogP contribution < -0.4 is 11.5 Å². The SMILES string of the molecule is Cc1ccc(-c2c(Cl)cnc3ccc(C(=O)N=C(N)N)cc23)c(F)c1. The van der Waals surface area contributed by atoms with Gasteiger partial charge < -0.3 is 11.5 Å². The fourth-order valence-electron chi connectivity index (χ4n) is 2.58. The van der Waals surface area contributed by atoms with Gasteiger partial charge in [0.25, 0.3) is 5.91 Å². The molecular formula is C18H14ClFN4O. The molecule has 3 aromatic rings. The van der Waals surface area contributed by atoms with E-state index in [-0.39, 0.29) is 16.5 Å². The van der Waals surface area contributed by atoms with Crippen molar-refractivity contribution in [3.05, 3.63) is 64.6 Å². The van der Waals surface area contributed by atoms with E-state index in [2.05, 4.69) is 9.98 Å². The molecule has 25 heavy (non-hydrogen) atoms. The van der Waals surface area contributed by atoms with Gasteiger partial charge in [-0.3, -0.25) is 9.78 Å². The van der Waals surface area contributed by atoms with Gasteiger partial charge in [-0.15, -0.1) is 0 Å². The number of aromatic nitrogens is 1. The number of rotatable bonds is 2. The van der Waals surface area contributed by atoms with Crippen molar-refractivity contribution < 1.29 is 9.18 Å². The molecule has 1 aromatic heterocycles. The highest BCUT2D eigenvalue weighted by atomic mass is 35.5. The van der Waals surface area contributed by atoms with Crippen LogP contribution in [0.15, 0.2) is 47.6 Å². The number of amides is 1. The van der Waals surface area contributed by atoms with Gasteiger partial charge in [0.2, 0.25) is 0 Å². The number of guanidine groups is 1. The van der Waals surface area contributed by atoms with Gasteiger partial charge in [-0.05, 0) is 36.8 Å². The highest BCUT2D eigenvalue weighted by Crippen LogP contribution is 2.36. The van der Waals surface area contributed by atoms with Crippen LogP contribution >= 0.6 is 11.6 Å². The summed E-state index contributed by atoms with van der Waals surface area (Å²) in [5, 5.41) is 0.814. The maximum absolute atomic E-state index is 14.5. The van der Waals surface area contributed by atoms with Gasteiger partial charge in [0.15, 0.2) is 5.96 Å². The lowest BCUT2D eigenvalue weighted by atomic mass is 9.98. The van der Waals surface area contributed by atoms with Gasteiger partial charge in [-0.1, -0.05) is 23.7 Å². The predicted octanol–water partition coefficient (Wildman–Crippen LogP) is 3.42. The molecule has 0 aliphatic carbocycles. The maximum Gasteiger partial charge on any atom is 0.280 e. The first kappa shape index (κ1) is 16.9. The Morgan fingerprint density at radius 2 is 1.96 bits per heavy atom. The van der Waals surface area contributed by atoms with Crippen LogP contribution in [0.25, 0.3) is 22.0 Å². The first-order valence-corrected chi connectivity index (χ1v) is 7.73. The molecule has 0 unspecified atom stereocenters. The number of hydrogen-bond acceptors (Lipinski definition) is 2. The lowest BCUT2D eigenvalue weighted by Gasteiger charge is -2.11. The van der Waals surface area contributed by atoms with Crippen molar-refractivity contribution in [3.8, 4) is 11.1 Å². The van der Waals surface area contributed by atoms with Gasteiger partial charge in [0, 0.05) is 28.3 Å². The smallest absolute Gasteiger partial charge is 0.280 e. The number of nitrogens with two attached hydrogens (primary N) is 2. The Morgan fingerprint density at radius 3 is 2.64 bits per heavy atom. The zero-order valence-corrected chi connectivity index (χ0v) is 14.0. The van der Waals surface area contributed by atoms with Crippen LogP contribution in [0.3, 0.4) is 0 Å². The largest absolute Gasteiger partial charge is 0.370 e. The minimum absolute atomic E-state index is 0.249. The van der Waals surface area contributed by atoms with Crippen LogP contribution in [0.4, 0.5) is 4.39 Å². The molecule has 1 amide bonds. The van der Waals surface area contributed by atoms with Crippen LogP contribution in [0.2, 0.25) is 5.02 Å². The molecule has 0 radical (unpaired) electrons. The third-order valence-corrected chi connectivity index (χ3v) is 3.98. The van der Waals surface area contributed by atoms with E-state index in [9.17, 15) is 9.18 Å². The number of aliphatic imine (C=N–C) groups is 1. The summed E-state index contributed by atoms with van der Waals surface area (Å²) < 4.78 is 14.5. The van der Waals surface area contributed by atoms with Gasteiger partial charge in [-0.25, -0.2) is 4.39 Å². The third-order valence-electron chi connectivity index (χ3n) is 3.69. The summed E-state index contributed by atoms with van der Waals surface area (Å²) in [5.41, 5.74) is 12.9. The summed E-state index contributed by atoms with van der Waals surface area (Å²) in [4.78, 5) is 19.8. The molecule has 0 saturated carbocycles. The van der Waals surface area contributed by atoms with Gasteiger partial charge in [-0.2, -0.15) is 4.99 Å². The van der Waals surface area contributed by atoms with E-state index in [0.29, 0.717) is 22.0 Å². The number of halogens is 2. The zero-order chi connectivity index (χ0) is 18.1. The van der Waals surface area contributed by atoms with Gasteiger partial charge in [0.05, 0.1) is 10.5 Å². The van der Waals surface area contributed by atoms with Crippen LogP contribution in [-0.4, -0.2) is 16.9 Å². The Morgan fingerprint density at radius 1 is 1.20 bits per heavy atom. The second-order valence-electron chi connectivity index (χ2n) is 5.54. The van der Waals surface area contributed by atoms with E-state index in [1.165, 1.54) is 12.3 Å². The van der Waals surface area contributed by atoms with Crippen LogP contribution in [0.5, 0.6) is 0 Å². The average molecular weight is 357 g/mol. The number of fused-ring (bicyclic) bond motifs is 1. The molecule has 0 fully saturated rings. The summed E-state index contributed by atoms with van der Waals surface area (Å²) in [6.45, 7) is 1.80. The molecule has 7 heteroatoms. The highest BCUT2D eigenvalue weighted by molar-refractivity contribution is 6.34. The maximum atomic E-state index is 14.5. The van der Waals surface area contributed by atoms with Crippen LogP contribution in [0, 0.1) is 12.7 Å². The number of pyridine rings is 1. The summed E-state index contributed by atoms with van der Waals surface area (Å²) in [7, 11) is 0. The van der Waals surface area contributed by atoms with Crippen molar-refractivity contribution in [1.82, 2.24) is 4.98 Å². The topological polar surface area (TPSA) is 94.4 Å². The van der Waals surface area contributed by atoms with E-state index in [0.717, 1.165) is 5.56 Å². The molecule has 0 aliphatic heterocycles. The fraction of sp³-hybridized carbons (Fsp3) is 0.0556. The molecule has 2 aromatic carbocycles. The van der Waals surface area contributed by atoms with E-state index in [1.807, 2.05) is 0 Å². The molecule has 0 saturated heterocycles. The molecule has 5 nitrogen and oxygen atoms in total. The summed E-state index contributed by atoms with van der Waals surface area (Å²) in [6.07, 6.45) is 1.45. The van der Waals surface area contributed by atoms with Crippen molar-refractivity contribution in [1.29, 1.82) is 0 Å². The first-order chi connectivity index (χ1) is 11.9. The third kappa shape index (κ3) is 3.29. The number of carbonyl (C=O) groups is 1. The Bertz CT molecular complexity index is 1030. The second kappa shape index (κ2) is 6.49. The Labute approximate surface area is 148 Å². The Kier molecular flexibility index (Phi) is 4.37. The lowest BCUT2D eigenvalue weighted by molar-refractivity contribution is 0.100. The molecule has 0 aliphatic rings.